The van der Waals surface area contributed by atoms with Gasteiger partial charge in [-0.05, 0) is 31.4 Å². The van der Waals surface area contributed by atoms with Crippen LogP contribution >= 0.6 is 0 Å². The van der Waals surface area contributed by atoms with E-state index in [9.17, 15) is 4.79 Å². The maximum Gasteiger partial charge on any atom is 0.323 e. The molecule has 110 valence electrons. The van der Waals surface area contributed by atoms with Crippen molar-refractivity contribution in [2.75, 3.05) is 13.2 Å². The topological polar surface area (TPSA) is 81.8 Å². The molecule has 0 bridgehead atoms. The van der Waals surface area contributed by atoms with E-state index in [0.717, 1.165) is 18.6 Å². The first kappa shape index (κ1) is 14.8. The summed E-state index contributed by atoms with van der Waals surface area (Å²) in [6, 6.07) is 9.52. The van der Waals surface area contributed by atoms with Gasteiger partial charge in [-0.3, -0.25) is 4.79 Å². The van der Waals surface area contributed by atoms with Gasteiger partial charge in [0.05, 0.1) is 12.7 Å². The minimum Gasteiger partial charge on any atom is -0.491 e. The van der Waals surface area contributed by atoms with E-state index in [0.29, 0.717) is 26.1 Å². The molecule has 5 nitrogen and oxygen atoms in total. The molecule has 20 heavy (non-hydrogen) atoms. The number of benzene rings is 1. The van der Waals surface area contributed by atoms with E-state index in [2.05, 4.69) is 0 Å². The van der Waals surface area contributed by atoms with Crippen LogP contribution in [0.1, 0.15) is 25.7 Å². The van der Waals surface area contributed by atoms with Gasteiger partial charge >= 0.3 is 5.97 Å². The maximum absolute atomic E-state index is 11.1. The number of hydrogen-bond acceptors (Lipinski definition) is 4. The zero-order valence-corrected chi connectivity index (χ0v) is 11.5. The van der Waals surface area contributed by atoms with Crippen LogP contribution in [-0.4, -0.2) is 35.9 Å². The van der Waals surface area contributed by atoms with Crippen LogP contribution < -0.4 is 10.5 Å². The number of para-hydroxylation sites is 1. The normalized spacial score (nSPS) is 26.1. The first-order valence-corrected chi connectivity index (χ1v) is 6.92. The number of ether oxygens (including phenoxy) is 2. The largest absolute Gasteiger partial charge is 0.491 e. The van der Waals surface area contributed by atoms with Crippen LogP contribution in [-0.2, 0) is 9.53 Å². The van der Waals surface area contributed by atoms with Gasteiger partial charge in [0.25, 0.3) is 0 Å². The quantitative estimate of drug-likeness (QED) is 0.776. The lowest BCUT2D eigenvalue weighted by Gasteiger charge is -2.34. The molecule has 1 aliphatic carbocycles. The third-order valence-electron chi connectivity index (χ3n) is 3.62. The smallest absolute Gasteiger partial charge is 0.323 e. The third kappa shape index (κ3) is 3.95. The highest BCUT2D eigenvalue weighted by molar-refractivity contribution is 5.78. The second-order valence-electron chi connectivity index (χ2n) is 5.21. The summed E-state index contributed by atoms with van der Waals surface area (Å²) in [4.78, 5) is 11.1. The van der Waals surface area contributed by atoms with E-state index in [1.54, 1.807) is 0 Å². The minimum absolute atomic E-state index is 0.0933. The van der Waals surface area contributed by atoms with E-state index < -0.39 is 11.5 Å². The lowest BCUT2D eigenvalue weighted by Crippen LogP contribution is -2.52. The molecule has 1 fully saturated rings. The summed E-state index contributed by atoms with van der Waals surface area (Å²) in [5.74, 6) is -0.134. The minimum atomic E-state index is -1.14. The molecule has 0 spiro atoms. The van der Waals surface area contributed by atoms with E-state index in [4.69, 9.17) is 20.3 Å². The van der Waals surface area contributed by atoms with Gasteiger partial charge in [-0.2, -0.15) is 0 Å². The van der Waals surface area contributed by atoms with Gasteiger partial charge in [0.1, 0.15) is 17.9 Å². The van der Waals surface area contributed by atoms with Crippen molar-refractivity contribution in [1.82, 2.24) is 0 Å². The molecule has 0 aromatic heterocycles. The summed E-state index contributed by atoms with van der Waals surface area (Å²) >= 11 is 0. The second kappa shape index (κ2) is 6.72. The highest BCUT2D eigenvalue weighted by Crippen LogP contribution is 2.28. The molecule has 0 radical (unpaired) electrons. The van der Waals surface area contributed by atoms with Gasteiger partial charge in [-0.25, -0.2) is 0 Å². The zero-order valence-electron chi connectivity index (χ0n) is 11.5. The van der Waals surface area contributed by atoms with Crippen LogP contribution in [0.4, 0.5) is 0 Å². The predicted molar refractivity (Wildman–Crippen MR) is 74.7 cm³/mol. The van der Waals surface area contributed by atoms with Crippen molar-refractivity contribution in [3.63, 3.8) is 0 Å². The van der Waals surface area contributed by atoms with E-state index in [-0.39, 0.29) is 6.10 Å². The number of aliphatic carboxylic acids is 1. The molecule has 2 rings (SSSR count). The maximum atomic E-state index is 11.1. The Morgan fingerprint density at radius 1 is 1.35 bits per heavy atom. The van der Waals surface area contributed by atoms with Crippen LogP contribution in [0.15, 0.2) is 30.3 Å². The summed E-state index contributed by atoms with van der Waals surface area (Å²) in [7, 11) is 0. The molecule has 3 N–H and O–H groups in total. The van der Waals surface area contributed by atoms with Gasteiger partial charge in [0.2, 0.25) is 0 Å². The Balaban J connectivity index is 1.70. The lowest BCUT2D eigenvalue weighted by atomic mass is 9.81. The Hall–Kier alpha value is -1.59. The summed E-state index contributed by atoms with van der Waals surface area (Å²) in [5, 5.41) is 9.13. The first-order valence-electron chi connectivity index (χ1n) is 6.92. The van der Waals surface area contributed by atoms with Crippen molar-refractivity contribution in [3.8, 4) is 5.75 Å². The van der Waals surface area contributed by atoms with E-state index in [1.165, 1.54) is 0 Å². The SMILES string of the molecule is NC1(C(=O)O)CCCC(OCCOc2ccccc2)C1. The molecule has 5 heteroatoms. The van der Waals surface area contributed by atoms with Crippen LogP contribution in [0.25, 0.3) is 0 Å². The summed E-state index contributed by atoms with van der Waals surface area (Å²) in [6.45, 7) is 0.889. The number of rotatable bonds is 6. The van der Waals surface area contributed by atoms with Crippen molar-refractivity contribution >= 4 is 5.97 Å². The number of carboxylic acid groups (broad SMARTS) is 1. The fraction of sp³-hybridized carbons (Fsp3) is 0.533. The second-order valence-corrected chi connectivity index (χ2v) is 5.21. The van der Waals surface area contributed by atoms with Gasteiger partial charge in [0, 0.05) is 6.42 Å². The van der Waals surface area contributed by atoms with Gasteiger partial charge < -0.3 is 20.3 Å². The van der Waals surface area contributed by atoms with Gasteiger partial charge in [0.15, 0.2) is 0 Å². The molecule has 1 aromatic rings. The summed E-state index contributed by atoms with van der Waals surface area (Å²) in [6.07, 6.45) is 2.44. The number of hydrogen-bond donors (Lipinski definition) is 2. The Labute approximate surface area is 118 Å². The Kier molecular flexibility index (Phi) is 4.98. The van der Waals surface area contributed by atoms with Crippen molar-refractivity contribution in [2.24, 2.45) is 5.73 Å². The Bertz CT molecular complexity index is 437. The Morgan fingerprint density at radius 2 is 2.10 bits per heavy atom. The van der Waals surface area contributed by atoms with Crippen LogP contribution in [0.3, 0.4) is 0 Å². The molecule has 1 saturated carbocycles. The molecular formula is C15H21NO4. The lowest BCUT2D eigenvalue weighted by molar-refractivity contribution is -0.147. The highest BCUT2D eigenvalue weighted by atomic mass is 16.5. The van der Waals surface area contributed by atoms with Crippen molar-refractivity contribution in [2.45, 2.75) is 37.3 Å². The van der Waals surface area contributed by atoms with E-state index >= 15 is 0 Å². The third-order valence-corrected chi connectivity index (χ3v) is 3.62. The molecule has 0 aliphatic heterocycles. The van der Waals surface area contributed by atoms with Gasteiger partial charge in [-0.15, -0.1) is 0 Å². The van der Waals surface area contributed by atoms with Crippen LogP contribution in [0.2, 0.25) is 0 Å². The highest BCUT2D eigenvalue weighted by Gasteiger charge is 2.39. The molecule has 1 aromatic carbocycles. The zero-order chi connectivity index (χ0) is 14.4. The number of nitrogens with two attached hydrogens (primary N) is 1. The summed E-state index contributed by atoms with van der Waals surface area (Å²) in [5.41, 5.74) is 4.74. The summed E-state index contributed by atoms with van der Waals surface area (Å²) < 4.78 is 11.2. The molecular weight excluding hydrogens is 258 g/mol. The first-order chi connectivity index (χ1) is 9.60. The average molecular weight is 279 g/mol. The molecule has 2 atom stereocenters. The van der Waals surface area contributed by atoms with Gasteiger partial charge in [-0.1, -0.05) is 18.2 Å². The monoisotopic (exact) mass is 279 g/mol. The van der Waals surface area contributed by atoms with E-state index in [1.807, 2.05) is 30.3 Å². The van der Waals surface area contributed by atoms with Crippen LogP contribution in [0, 0.1) is 0 Å². The Morgan fingerprint density at radius 3 is 2.80 bits per heavy atom. The average Bonchev–Trinajstić information content (AvgIpc) is 2.45. The van der Waals surface area contributed by atoms with Crippen molar-refractivity contribution < 1.29 is 19.4 Å². The predicted octanol–water partition coefficient (Wildman–Crippen LogP) is 1.81. The molecule has 0 heterocycles. The number of carbonyl (C=O) groups is 1. The number of carboxylic acids is 1. The fourth-order valence-electron chi connectivity index (χ4n) is 2.48. The molecule has 0 saturated heterocycles. The molecule has 1 aliphatic rings. The van der Waals surface area contributed by atoms with Crippen molar-refractivity contribution in [1.29, 1.82) is 0 Å². The van der Waals surface area contributed by atoms with Crippen LogP contribution in [0.5, 0.6) is 5.75 Å². The van der Waals surface area contributed by atoms with Crippen molar-refractivity contribution in [3.05, 3.63) is 30.3 Å². The molecule has 2 unspecified atom stereocenters. The molecule has 0 amide bonds. The standard InChI is InChI=1S/C15H21NO4/c16-15(14(17)18)8-4-7-13(11-15)20-10-9-19-12-5-2-1-3-6-12/h1-3,5-6,13H,4,7-11,16H2,(H,17,18). The fourth-order valence-corrected chi connectivity index (χ4v) is 2.48.